The third kappa shape index (κ3) is 6.70. The quantitative estimate of drug-likeness (QED) is 0.246. The number of rotatable bonds is 9. The number of nitrogens with zero attached hydrogens (tertiary/aromatic N) is 4. The Labute approximate surface area is 136 Å². The summed E-state index contributed by atoms with van der Waals surface area (Å²) in [5, 5.41) is 8.55. The van der Waals surface area contributed by atoms with Gasteiger partial charge in [-0.25, -0.2) is 0 Å². The van der Waals surface area contributed by atoms with Crippen molar-refractivity contribution in [1.29, 1.82) is 5.26 Å². The number of hydrogen-bond acceptors (Lipinski definition) is 5. The third-order valence-electron chi connectivity index (χ3n) is 2.78. The van der Waals surface area contributed by atoms with Crippen LogP contribution in [0, 0.1) is 11.5 Å². The van der Waals surface area contributed by atoms with Gasteiger partial charge >= 0.3 is 0 Å². The van der Waals surface area contributed by atoms with Crippen LogP contribution in [0.1, 0.15) is 11.5 Å². The molecule has 6 nitrogen and oxygen atoms in total. The highest BCUT2D eigenvalue weighted by Gasteiger charge is 2.07. The highest BCUT2D eigenvalue weighted by atomic mass is 32.2. The Morgan fingerprint density at radius 3 is 2.86 bits per heavy atom. The summed E-state index contributed by atoms with van der Waals surface area (Å²) in [6, 6.07) is 4.02. The van der Waals surface area contributed by atoms with Crippen molar-refractivity contribution in [2.45, 2.75) is 12.3 Å². The zero-order valence-electron chi connectivity index (χ0n) is 13.2. The largest absolute Gasteiger partial charge is 0.464 e. The van der Waals surface area contributed by atoms with Crippen molar-refractivity contribution in [3.8, 4) is 6.19 Å². The van der Waals surface area contributed by atoms with E-state index in [0.29, 0.717) is 13.1 Å². The molecular weight excluding hydrogens is 298 g/mol. The number of nitrogens with two attached hydrogens (primary N) is 1. The second kappa shape index (κ2) is 9.92. The lowest BCUT2D eigenvalue weighted by Crippen LogP contribution is -2.38. The van der Waals surface area contributed by atoms with Gasteiger partial charge in [-0.15, -0.1) is 11.6 Å². The van der Waals surface area contributed by atoms with Crippen LogP contribution in [0.3, 0.4) is 0 Å². The molecule has 0 saturated carbocycles. The standard InChI is InChI=1S/C15H23N5OS/c1-4-7-20(15(17)18-12-16)8-9-22-11-14-6-5-13(21-14)10-19(2)3/h4-6H,1,7-11H2,2-3H3,(H2,17,18). The number of furan rings is 1. The van der Waals surface area contributed by atoms with Crippen molar-refractivity contribution < 1.29 is 4.42 Å². The monoisotopic (exact) mass is 321 g/mol. The first-order valence-electron chi connectivity index (χ1n) is 6.95. The molecule has 22 heavy (non-hydrogen) atoms. The van der Waals surface area contributed by atoms with E-state index in [-0.39, 0.29) is 5.96 Å². The van der Waals surface area contributed by atoms with Crippen LogP contribution in [-0.2, 0) is 12.3 Å². The van der Waals surface area contributed by atoms with Crippen molar-refractivity contribution in [1.82, 2.24) is 9.80 Å². The van der Waals surface area contributed by atoms with Gasteiger partial charge in [0.25, 0.3) is 0 Å². The average molecular weight is 321 g/mol. The lowest BCUT2D eigenvalue weighted by molar-refractivity contribution is 0.344. The van der Waals surface area contributed by atoms with Crippen molar-refractivity contribution in [2.75, 3.05) is 32.9 Å². The van der Waals surface area contributed by atoms with E-state index < -0.39 is 0 Å². The third-order valence-corrected chi connectivity index (χ3v) is 3.74. The van der Waals surface area contributed by atoms with Crippen molar-refractivity contribution in [3.05, 3.63) is 36.3 Å². The molecule has 0 saturated heterocycles. The summed E-state index contributed by atoms with van der Waals surface area (Å²) in [4.78, 5) is 7.45. The SMILES string of the molecule is C=CCN(CCSCc1ccc(CN(C)C)o1)C(N)=NC#N. The molecule has 0 atom stereocenters. The zero-order valence-corrected chi connectivity index (χ0v) is 14.0. The van der Waals surface area contributed by atoms with E-state index in [2.05, 4.69) is 16.5 Å². The molecule has 0 spiro atoms. The number of nitriles is 1. The second-order valence-electron chi connectivity index (χ2n) is 4.96. The van der Waals surface area contributed by atoms with Crippen LogP contribution >= 0.6 is 11.8 Å². The predicted molar refractivity (Wildman–Crippen MR) is 91.3 cm³/mol. The highest BCUT2D eigenvalue weighted by Crippen LogP contribution is 2.16. The predicted octanol–water partition coefficient (Wildman–Crippen LogP) is 1.86. The van der Waals surface area contributed by atoms with E-state index in [1.807, 2.05) is 31.1 Å². The van der Waals surface area contributed by atoms with E-state index in [0.717, 1.165) is 29.6 Å². The first kappa shape index (κ1) is 18.1. The van der Waals surface area contributed by atoms with E-state index in [4.69, 9.17) is 15.4 Å². The summed E-state index contributed by atoms with van der Waals surface area (Å²) in [6.07, 6.45) is 3.44. The molecule has 0 aliphatic heterocycles. The Kier molecular flexibility index (Phi) is 8.18. The molecule has 1 aromatic heterocycles. The number of thioether (sulfide) groups is 1. The summed E-state index contributed by atoms with van der Waals surface area (Å²) in [5.74, 6) is 3.84. The fourth-order valence-corrected chi connectivity index (χ4v) is 2.67. The molecule has 2 N–H and O–H groups in total. The zero-order chi connectivity index (χ0) is 16.4. The van der Waals surface area contributed by atoms with Gasteiger partial charge in [0.1, 0.15) is 11.5 Å². The van der Waals surface area contributed by atoms with Crippen LogP contribution < -0.4 is 5.73 Å². The number of guanidine groups is 1. The Balaban J connectivity index is 2.36. The topological polar surface area (TPSA) is 81.8 Å². The first-order chi connectivity index (χ1) is 10.6. The van der Waals surface area contributed by atoms with Crippen molar-refractivity contribution in [2.24, 2.45) is 10.7 Å². The summed E-state index contributed by atoms with van der Waals surface area (Å²) < 4.78 is 5.75. The maximum atomic E-state index is 8.55. The summed E-state index contributed by atoms with van der Waals surface area (Å²) in [5.41, 5.74) is 5.73. The fourth-order valence-electron chi connectivity index (χ4n) is 1.82. The van der Waals surface area contributed by atoms with Crippen LogP contribution in [0.4, 0.5) is 0 Å². The van der Waals surface area contributed by atoms with E-state index >= 15 is 0 Å². The van der Waals surface area contributed by atoms with E-state index in [1.165, 1.54) is 0 Å². The molecule has 120 valence electrons. The van der Waals surface area contributed by atoms with Crippen LogP contribution in [-0.4, -0.2) is 48.7 Å². The molecule has 0 aliphatic rings. The lowest BCUT2D eigenvalue weighted by Gasteiger charge is -2.20. The van der Waals surface area contributed by atoms with E-state index in [1.54, 1.807) is 24.0 Å². The van der Waals surface area contributed by atoms with Crippen LogP contribution in [0.25, 0.3) is 0 Å². The van der Waals surface area contributed by atoms with Gasteiger partial charge in [0.2, 0.25) is 12.2 Å². The van der Waals surface area contributed by atoms with Crippen LogP contribution in [0.2, 0.25) is 0 Å². The molecule has 0 radical (unpaired) electrons. The van der Waals surface area contributed by atoms with Gasteiger partial charge in [-0.1, -0.05) is 6.08 Å². The molecular formula is C15H23N5OS. The molecule has 0 aromatic carbocycles. The van der Waals surface area contributed by atoms with Crippen molar-refractivity contribution in [3.63, 3.8) is 0 Å². The summed E-state index contributed by atoms with van der Waals surface area (Å²) in [6.45, 7) is 5.77. The van der Waals surface area contributed by atoms with Gasteiger partial charge in [-0.05, 0) is 26.2 Å². The van der Waals surface area contributed by atoms with Gasteiger partial charge in [-0.2, -0.15) is 17.0 Å². The minimum absolute atomic E-state index is 0.231. The van der Waals surface area contributed by atoms with Gasteiger partial charge in [0.05, 0.1) is 12.3 Å². The molecule has 1 heterocycles. The maximum absolute atomic E-state index is 8.55. The van der Waals surface area contributed by atoms with Gasteiger partial charge < -0.3 is 20.0 Å². The van der Waals surface area contributed by atoms with Gasteiger partial charge in [-0.3, -0.25) is 0 Å². The van der Waals surface area contributed by atoms with Crippen molar-refractivity contribution >= 4 is 17.7 Å². The molecule has 0 unspecified atom stereocenters. The van der Waals surface area contributed by atoms with Crippen LogP contribution in [0.15, 0.2) is 34.2 Å². The molecule has 0 amide bonds. The van der Waals surface area contributed by atoms with Gasteiger partial charge in [0, 0.05) is 18.8 Å². The molecule has 0 bridgehead atoms. The number of hydrogen-bond donors (Lipinski definition) is 1. The smallest absolute Gasteiger partial charge is 0.209 e. The Hall–Kier alpha value is -1.91. The minimum atomic E-state index is 0.231. The highest BCUT2D eigenvalue weighted by molar-refractivity contribution is 7.98. The Morgan fingerprint density at radius 1 is 1.50 bits per heavy atom. The molecule has 0 fully saturated rings. The van der Waals surface area contributed by atoms with E-state index in [9.17, 15) is 0 Å². The first-order valence-corrected chi connectivity index (χ1v) is 8.10. The summed E-state index contributed by atoms with van der Waals surface area (Å²) in [7, 11) is 4.02. The molecule has 1 rings (SSSR count). The molecule has 1 aromatic rings. The normalized spacial score (nSPS) is 11.5. The molecule has 7 heteroatoms. The number of aliphatic imine (C=N–C) groups is 1. The lowest BCUT2D eigenvalue weighted by atomic mass is 10.4. The minimum Gasteiger partial charge on any atom is -0.464 e. The maximum Gasteiger partial charge on any atom is 0.209 e. The average Bonchev–Trinajstić information content (AvgIpc) is 2.89. The van der Waals surface area contributed by atoms with Gasteiger partial charge in [0.15, 0.2) is 0 Å². The Morgan fingerprint density at radius 2 is 2.23 bits per heavy atom. The fraction of sp³-hybridized carbons (Fsp3) is 0.467. The van der Waals surface area contributed by atoms with Crippen LogP contribution in [0.5, 0.6) is 0 Å². The molecule has 0 aliphatic carbocycles. The Bertz CT molecular complexity index is 532. The second-order valence-corrected chi connectivity index (χ2v) is 6.07. The summed E-state index contributed by atoms with van der Waals surface area (Å²) >= 11 is 1.75.